The molecule has 0 aliphatic rings. The van der Waals surface area contributed by atoms with Crippen LogP contribution in [0.5, 0.6) is 0 Å². The van der Waals surface area contributed by atoms with Crippen LogP contribution in [0.15, 0.2) is 16.3 Å². The van der Waals surface area contributed by atoms with Crippen molar-refractivity contribution in [2.24, 2.45) is 5.73 Å². The average molecular weight is 261 g/mol. The molecule has 16 heavy (non-hydrogen) atoms. The zero-order chi connectivity index (χ0) is 12.0. The molecule has 0 aliphatic heterocycles. The van der Waals surface area contributed by atoms with Crippen LogP contribution in [-0.2, 0) is 13.1 Å². The summed E-state index contributed by atoms with van der Waals surface area (Å²) >= 11 is 7.25. The van der Waals surface area contributed by atoms with Crippen molar-refractivity contribution < 1.29 is 0 Å². The normalized spacial score (nSPS) is 12.1. The Bertz CT molecular complexity index is 362. The SMILES string of the molecule is CCCn1c(CN)nnc1SCC(C)=CCl. The Morgan fingerprint density at radius 3 is 2.88 bits per heavy atom. The summed E-state index contributed by atoms with van der Waals surface area (Å²) in [6.07, 6.45) is 1.04. The van der Waals surface area contributed by atoms with Gasteiger partial charge in [0.1, 0.15) is 5.82 Å². The lowest BCUT2D eigenvalue weighted by Crippen LogP contribution is -2.09. The maximum absolute atomic E-state index is 5.61. The maximum atomic E-state index is 5.61. The standard InChI is InChI=1S/C10H17ClN4S/c1-3-4-15-9(6-12)13-14-10(15)16-7-8(2)5-11/h5H,3-4,6-7,12H2,1-2H3. The number of rotatable bonds is 6. The van der Waals surface area contributed by atoms with E-state index in [2.05, 4.69) is 21.7 Å². The highest BCUT2D eigenvalue weighted by Gasteiger charge is 2.10. The Hall–Kier alpha value is -0.520. The van der Waals surface area contributed by atoms with Crippen molar-refractivity contribution in [3.63, 3.8) is 0 Å². The lowest BCUT2D eigenvalue weighted by Gasteiger charge is -2.07. The number of aromatic nitrogens is 3. The van der Waals surface area contributed by atoms with Crippen LogP contribution in [0.4, 0.5) is 0 Å². The van der Waals surface area contributed by atoms with E-state index in [1.807, 2.05) is 6.92 Å². The van der Waals surface area contributed by atoms with E-state index in [0.29, 0.717) is 6.54 Å². The van der Waals surface area contributed by atoms with Crippen molar-refractivity contribution in [2.45, 2.75) is 38.5 Å². The van der Waals surface area contributed by atoms with Gasteiger partial charge in [0.25, 0.3) is 0 Å². The Balaban J connectivity index is 2.75. The molecule has 2 N–H and O–H groups in total. The van der Waals surface area contributed by atoms with Gasteiger partial charge in [0.2, 0.25) is 0 Å². The molecule has 4 nitrogen and oxygen atoms in total. The van der Waals surface area contributed by atoms with Gasteiger partial charge in [-0.15, -0.1) is 10.2 Å². The first-order chi connectivity index (χ1) is 7.72. The lowest BCUT2D eigenvalue weighted by atomic mass is 10.4. The van der Waals surface area contributed by atoms with Gasteiger partial charge in [-0.05, 0) is 13.3 Å². The van der Waals surface area contributed by atoms with Gasteiger partial charge in [-0.2, -0.15) is 0 Å². The Kier molecular flexibility index (Phi) is 5.87. The van der Waals surface area contributed by atoms with Gasteiger partial charge < -0.3 is 10.3 Å². The minimum absolute atomic E-state index is 0.428. The minimum Gasteiger partial charge on any atom is -0.324 e. The van der Waals surface area contributed by atoms with Gasteiger partial charge in [0.15, 0.2) is 5.16 Å². The van der Waals surface area contributed by atoms with E-state index in [9.17, 15) is 0 Å². The maximum Gasteiger partial charge on any atom is 0.191 e. The van der Waals surface area contributed by atoms with Gasteiger partial charge in [0.05, 0.1) is 6.54 Å². The van der Waals surface area contributed by atoms with Crippen LogP contribution in [0.1, 0.15) is 26.1 Å². The highest BCUT2D eigenvalue weighted by molar-refractivity contribution is 7.99. The number of halogens is 1. The second-order valence-electron chi connectivity index (χ2n) is 3.50. The highest BCUT2D eigenvalue weighted by Crippen LogP contribution is 2.20. The van der Waals surface area contributed by atoms with Crippen molar-refractivity contribution in [1.82, 2.24) is 14.8 Å². The van der Waals surface area contributed by atoms with E-state index in [0.717, 1.165) is 35.3 Å². The van der Waals surface area contributed by atoms with E-state index in [1.54, 1.807) is 17.3 Å². The molecule has 0 bridgehead atoms. The molecule has 1 rings (SSSR count). The topological polar surface area (TPSA) is 56.7 Å². The summed E-state index contributed by atoms with van der Waals surface area (Å²) in [5.74, 6) is 1.67. The molecule has 0 aliphatic carbocycles. The lowest BCUT2D eigenvalue weighted by molar-refractivity contribution is 0.592. The molecule has 90 valence electrons. The predicted molar refractivity (Wildman–Crippen MR) is 68.5 cm³/mol. The average Bonchev–Trinajstić information content (AvgIpc) is 2.69. The van der Waals surface area contributed by atoms with Gasteiger partial charge in [0, 0.05) is 17.8 Å². The van der Waals surface area contributed by atoms with Gasteiger partial charge >= 0.3 is 0 Å². The fraction of sp³-hybridized carbons (Fsp3) is 0.600. The van der Waals surface area contributed by atoms with Crippen molar-refractivity contribution in [2.75, 3.05) is 5.75 Å². The highest BCUT2D eigenvalue weighted by atomic mass is 35.5. The van der Waals surface area contributed by atoms with Crippen LogP contribution in [0, 0.1) is 0 Å². The molecule has 1 aromatic rings. The van der Waals surface area contributed by atoms with Crippen LogP contribution >= 0.6 is 23.4 Å². The van der Waals surface area contributed by atoms with Gasteiger partial charge in [-0.1, -0.05) is 35.9 Å². The van der Waals surface area contributed by atoms with Crippen molar-refractivity contribution in [3.05, 3.63) is 16.9 Å². The zero-order valence-corrected chi connectivity index (χ0v) is 11.2. The number of hydrogen-bond acceptors (Lipinski definition) is 4. The van der Waals surface area contributed by atoms with Crippen LogP contribution in [0.2, 0.25) is 0 Å². The number of hydrogen-bond donors (Lipinski definition) is 1. The first-order valence-corrected chi connectivity index (χ1v) is 6.65. The molecule has 0 unspecified atom stereocenters. The Morgan fingerprint density at radius 2 is 2.31 bits per heavy atom. The van der Waals surface area contributed by atoms with E-state index in [1.165, 1.54) is 0 Å². The molecule has 0 atom stereocenters. The smallest absolute Gasteiger partial charge is 0.191 e. The van der Waals surface area contributed by atoms with Crippen molar-refractivity contribution in [1.29, 1.82) is 0 Å². The third-order valence-electron chi connectivity index (χ3n) is 2.04. The molecule has 0 saturated carbocycles. The van der Waals surface area contributed by atoms with Crippen molar-refractivity contribution in [3.8, 4) is 0 Å². The van der Waals surface area contributed by atoms with E-state index < -0.39 is 0 Å². The summed E-state index contributed by atoms with van der Waals surface area (Å²) in [4.78, 5) is 0. The second kappa shape index (κ2) is 6.93. The molecule has 0 fully saturated rings. The molecule has 0 saturated heterocycles. The molecule has 0 amide bonds. The van der Waals surface area contributed by atoms with Crippen LogP contribution in [-0.4, -0.2) is 20.5 Å². The first-order valence-electron chi connectivity index (χ1n) is 5.23. The summed E-state index contributed by atoms with van der Waals surface area (Å²) < 4.78 is 2.08. The molecule has 0 aromatic carbocycles. The minimum atomic E-state index is 0.428. The van der Waals surface area contributed by atoms with Crippen LogP contribution in [0.3, 0.4) is 0 Å². The number of nitrogens with zero attached hydrogens (tertiary/aromatic N) is 3. The fourth-order valence-electron chi connectivity index (χ4n) is 1.23. The molecule has 0 spiro atoms. The third-order valence-corrected chi connectivity index (χ3v) is 3.57. The summed E-state index contributed by atoms with van der Waals surface area (Å²) in [5, 5.41) is 9.13. The summed E-state index contributed by atoms with van der Waals surface area (Å²) in [6, 6.07) is 0. The van der Waals surface area contributed by atoms with E-state index >= 15 is 0 Å². The largest absolute Gasteiger partial charge is 0.324 e. The fourth-order valence-corrected chi connectivity index (χ4v) is 2.29. The number of thioether (sulfide) groups is 1. The van der Waals surface area contributed by atoms with Crippen molar-refractivity contribution >= 4 is 23.4 Å². The molecular formula is C10H17ClN4S. The third kappa shape index (κ3) is 3.50. The number of nitrogens with two attached hydrogens (primary N) is 1. The van der Waals surface area contributed by atoms with Crippen LogP contribution < -0.4 is 5.73 Å². The molecule has 0 radical (unpaired) electrons. The Morgan fingerprint density at radius 1 is 1.56 bits per heavy atom. The summed E-state index contributed by atoms with van der Waals surface area (Å²) in [5.41, 5.74) is 8.32. The second-order valence-corrected chi connectivity index (χ2v) is 4.66. The quantitative estimate of drug-likeness (QED) is 0.798. The zero-order valence-electron chi connectivity index (χ0n) is 9.61. The van der Waals surface area contributed by atoms with Gasteiger partial charge in [-0.3, -0.25) is 0 Å². The van der Waals surface area contributed by atoms with E-state index in [4.69, 9.17) is 17.3 Å². The molecule has 6 heteroatoms. The molecular weight excluding hydrogens is 244 g/mol. The molecule has 1 heterocycles. The summed E-state index contributed by atoms with van der Waals surface area (Å²) in [6.45, 7) is 5.45. The predicted octanol–water partition coefficient (Wildman–Crippen LogP) is 2.38. The molecule has 1 aromatic heterocycles. The van der Waals surface area contributed by atoms with Crippen LogP contribution in [0.25, 0.3) is 0 Å². The van der Waals surface area contributed by atoms with Gasteiger partial charge in [-0.25, -0.2) is 0 Å². The Labute approximate surface area is 105 Å². The summed E-state index contributed by atoms with van der Waals surface area (Å²) in [7, 11) is 0. The first kappa shape index (κ1) is 13.5. The van der Waals surface area contributed by atoms with E-state index in [-0.39, 0.29) is 0 Å². The monoisotopic (exact) mass is 260 g/mol.